The lowest BCUT2D eigenvalue weighted by molar-refractivity contribution is 0.0351. The zero-order valence-corrected chi connectivity index (χ0v) is 15.7. The third kappa shape index (κ3) is 4.64. The van der Waals surface area contributed by atoms with Gasteiger partial charge in [-0.05, 0) is 25.8 Å². The summed E-state index contributed by atoms with van der Waals surface area (Å²) in [6.07, 6.45) is 4.31. The summed E-state index contributed by atoms with van der Waals surface area (Å²) < 4.78 is 31.0. The number of nitrogens with two attached hydrogens (primary N) is 2. The zero-order chi connectivity index (χ0) is 20.1. The van der Waals surface area contributed by atoms with Crippen molar-refractivity contribution in [2.75, 3.05) is 26.3 Å². The van der Waals surface area contributed by atoms with E-state index in [0.29, 0.717) is 43.6 Å². The molecule has 8 nitrogen and oxygen atoms in total. The molecule has 0 amide bonds. The number of rotatable bonds is 5. The standard InChI is InChI=1S/C19H24FN5O3/c1-12(18-15(20)10-16-19(24-18)27-9-8-26-16)25-6-4-14(5-7-25)28-17(23)3-2-13(22)11-21/h2-3,10,12,14H,4-9,22-23H2,1H3/b13-2-,17-3+. The second-order valence-electron chi connectivity index (χ2n) is 6.69. The van der Waals surface area contributed by atoms with E-state index >= 15 is 0 Å². The summed E-state index contributed by atoms with van der Waals surface area (Å²) in [4.78, 5) is 6.48. The van der Waals surface area contributed by atoms with E-state index < -0.39 is 5.82 Å². The molecule has 1 aromatic heterocycles. The Morgan fingerprint density at radius 3 is 2.79 bits per heavy atom. The number of piperidine rings is 1. The molecule has 4 N–H and O–H groups in total. The summed E-state index contributed by atoms with van der Waals surface area (Å²) in [5, 5.41) is 8.62. The normalized spacial score (nSPS) is 19.8. The van der Waals surface area contributed by atoms with Gasteiger partial charge in [0.25, 0.3) is 5.88 Å². The van der Waals surface area contributed by atoms with Gasteiger partial charge in [0.1, 0.15) is 36.9 Å². The van der Waals surface area contributed by atoms with Gasteiger partial charge in [-0.15, -0.1) is 0 Å². The van der Waals surface area contributed by atoms with Crippen LogP contribution in [0.15, 0.2) is 29.8 Å². The molecule has 1 aromatic rings. The van der Waals surface area contributed by atoms with Crippen LogP contribution in [0.3, 0.4) is 0 Å². The zero-order valence-electron chi connectivity index (χ0n) is 15.7. The number of aromatic nitrogens is 1. The largest absolute Gasteiger partial charge is 0.484 e. The van der Waals surface area contributed by atoms with Crippen LogP contribution in [0.4, 0.5) is 4.39 Å². The first kappa shape index (κ1) is 19.8. The summed E-state index contributed by atoms with van der Waals surface area (Å²) in [7, 11) is 0. The van der Waals surface area contributed by atoms with Crippen LogP contribution in [0.25, 0.3) is 0 Å². The molecule has 0 aliphatic carbocycles. The smallest absolute Gasteiger partial charge is 0.257 e. The summed E-state index contributed by atoms with van der Waals surface area (Å²) in [6, 6.07) is 2.94. The first-order valence-electron chi connectivity index (χ1n) is 9.17. The molecule has 9 heteroatoms. The van der Waals surface area contributed by atoms with Gasteiger partial charge in [0.05, 0.1) is 11.7 Å². The molecular formula is C19H24FN5O3. The number of pyridine rings is 1. The SMILES string of the molecule is CC(c1nc2c(cc1F)OCCO2)N1CCC(O/C(N)=C/C=C(\N)C#N)CC1. The van der Waals surface area contributed by atoms with Gasteiger partial charge in [-0.3, -0.25) is 4.90 Å². The monoisotopic (exact) mass is 389 g/mol. The fraction of sp³-hybridized carbons (Fsp3) is 0.474. The quantitative estimate of drug-likeness (QED) is 0.444. The average molecular weight is 389 g/mol. The third-order valence-electron chi connectivity index (χ3n) is 4.79. The van der Waals surface area contributed by atoms with Crippen LogP contribution in [0.1, 0.15) is 31.5 Å². The van der Waals surface area contributed by atoms with E-state index in [-0.39, 0.29) is 23.7 Å². The summed E-state index contributed by atoms with van der Waals surface area (Å²) in [5.41, 5.74) is 11.6. The molecule has 0 spiro atoms. The molecule has 3 rings (SSSR count). The molecule has 2 aliphatic rings. The van der Waals surface area contributed by atoms with Crippen LogP contribution in [-0.2, 0) is 4.74 Å². The molecule has 0 saturated carbocycles. The second-order valence-corrected chi connectivity index (χ2v) is 6.69. The van der Waals surface area contributed by atoms with Crippen molar-refractivity contribution < 1.29 is 18.6 Å². The van der Waals surface area contributed by atoms with Crippen molar-refractivity contribution in [3.05, 3.63) is 41.3 Å². The van der Waals surface area contributed by atoms with Crippen molar-refractivity contribution in [1.29, 1.82) is 5.26 Å². The Balaban J connectivity index is 1.58. The Morgan fingerprint density at radius 1 is 1.36 bits per heavy atom. The number of nitrogens with zero attached hydrogens (tertiary/aromatic N) is 3. The van der Waals surface area contributed by atoms with Crippen LogP contribution >= 0.6 is 0 Å². The number of halogens is 1. The molecule has 1 unspecified atom stereocenters. The maximum absolute atomic E-state index is 14.5. The average Bonchev–Trinajstić information content (AvgIpc) is 2.71. The van der Waals surface area contributed by atoms with Crippen molar-refractivity contribution in [2.24, 2.45) is 11.5 Å². The lowest BCUT2D eigenvalue weighted by Crippen LogP contribution is -2.39. The van der Waals surface area contributed by atoms with Crippen LogP contribution in [-0.4, -0.2) is 42.3 Å². The summed E-state index contributed by atoms with van der Waals surface area (Å²) in [6.45, 7) is 4.15. The Labute approximate surface area is 163 Å². The van der Waals surface area contributed by atoms with E-state index in [0.717, 1.165) is 12.8 Å². The van der Waals surface area contributed by atoms with E-state index in [2.05, 4.69) is 9.88 Å². The fourth-order valence-corrected chi connectivity index (χ4v) is 3.25. The highest BCUT2D eigenvalue weighted by Gasteiger charge is 2.28. The van der Waals surface area contributed by atoms with Crippen LogP contribution in [0, 0.1) is 17.1 Å². The third-order valence-corrected chi connectivity index (χ3v) is 4.79. The molecule has 0 bridgehead atoms. The molecule has 1 atom stereocenters. The highest BCUT2D eigenvalue weighted by molar-refractivity contribution is 5.37. The van der Waals surface area contributed by atoms with Gasteiger partial charge >= 0.3 is 0 Å². The number of hydrogen-bond acceptors (Lipinski definition) is 8. The number of ether oxygens (including phenoxy) is 3. The Morgan fingerprint density at radius 2 is 2.07 bits per heavy atom. The van der Waals surface area contributed by atoms with Crippen LogP contribution in [0.2, 0.25) is 0 Å². The van der Waals surface area contributed by atoms with Gasteiger partial charge in [-0.25, -0.2) is 9.37 Å². The lowest BCUT2D eigenvalue weighted by atomic mass is 10.0. The number of hydrogen-bond donors (Lipinski definition) is 2. The number of nitriles is 1. The van der Waals surface area contributed by atoms with Crippen LogP contribution in [0.5, 0.6) is 11.6 Å². The molecule has 1 saturated heterocycles. The van der Waals surface area contributed by atoms with Gasteiger partial charge in [-0.1, -0.05) is 0 Å². The molecule has 0 radical (unpaired) electrons. The van der Waals surface area contributed by atoms with Crippen molar-refractivity contribution in [3.63, 3.8) is 0 Å². The maximum atomic E-state index is 14.5. The molecule has 2 aliphatic heterocycles. The van der Waals surface area contributed by atoms with E-state index in [1.54, 1.807) is 6.07 Å². The predicted octanol–water partition coefficient (Wildman–Crippen LogP) is 1.70. The topological polar surface area (TPSA) is 120 Å². The highest BCUT2D eigenvalue weighted by atomic mass is 19.1. The summed E-state index contributed by atoms with van der Waals surface area (Å²) in [5.74, 6) is 0.504. The first-order chi connectivity index (χ1) is 13.5. The molecule has 150 valence electrons. The molecule has 0 aromatic carbocycles. The van der Waals surface area contributed by atoms with Crippen molar-refractivity contribution in [2.45, 2.75) is 31.9 Å². The second kappa shape index (κ2) is 8.80. The van der Waals surface area contributed by atoms with E-state index in [9.17, 15) is 4.39 Å². The number of fused-ring (bicyclic) bond motifs is 1. The maximum Gasteiger partial charge on any atom is 0.257 e. The first-order valence-corrected chi connectivity index (χ1v) is 9.17. The summed E-state index contributed by atoms with van der Waals surface area (Å²) >= 11 is 0. The molecule has 1 fully saturated rings. The predicted molar refractivity (Wildman–Crippen MR) is 99.4 cm³/mol. The molecular weight excluding hydrogens is 365 g/mol. The Bertz CT molecular complexity index is 813. The van der Waals surface area contributed by atoms with Gasteiger partial charge in [0.15, 0.2) is 11.6 Å². The van der Waals surface area contributed by atoms with E-state index in [1.165, 1.54) is 18.2 Å². The fourth-order valence-electron chi connectivity index (χ4n) is 3.25. The van der Waals surface area contributed by atoms with Gasteiger partial charge < -0.3 is 25.7 Å². The van der Waals surface area contributed by atoms with Gasteiger partial charge in [0, 0.05) is 25.2 Å². The van der Waals surface area contributed by atoms with Crippen LogP contribution < -0.4 is 20.9 Å². The molecule has 28 heavy (non-hydrogen) atoms. The lowest BCUT2D eigenvalue weighted by Gasteiger charge is -2.36. The van der Waals surface area contributed by atoms with E-state index in [4.69, 9.17) is 30.9 Å². The number of likely N-dealkylation sites (tertiary alicyclic amines) is 1. The Hall–Kier alpha value is -2.99. The van der Waals surface area contributed by atoms with Crippen molar-refractivity contribution in [1.82, 2.24) is 9.88 Å². The minimum Gasteiger partial charge on any atom is -0.484 e. The Kier molecular flexibility index (Phi) is 6.21. The van der Waals surface area contributed by atoms with Crippen molar-refractivity contribution >= 4 is 0 Å². The van der Waals surface area contributed by atoms with E-state index in [1.807, 2.05) is 6.92 Å². The number of allylic oxidation sites excluding steroid dienone is 3. The highest BCUT2D eigenvalue weighted by Crippen LogP contribution is 2.33. The van der Waals surface area contributed by atoms with Gasteiger partial charge in [0.2, 0.25) is 0 Å². The molecule has 3 heterocycles. The minimum absolute atomic E-state index is 0.0468. The minimum atomic E-state index is -0.399. The van der Waals surface area contributed by atoms with Crippen molar-refractivity contribution in [3.8, 4) is 17.7 Å². The van der Waals surface area contributed by atoms with Gasteiger partial charge in [-0.2, -0.15) is 5.26 Å².